The Kier molecular flexibility index (Phi) is 7.33. The highest BCUT2D eigenvalue weighted by Crippen LogP contribution is 2.24. The molecule has 1 atom stereocenters. The summed E-state index contributed by atoms with van der Waals surface area (Å²) in [7, 11) is -3.97. The van der Waals surface area contributed by atoms with Crippen LogP contribution in [0.15, 0.2) is 59.9 Å². The second-order valence-corrected chi connectivity index (χ2v) is 8.72. The van der Waals surface area contributed by atoms with Crippen molar-refractivity contribution in [2.75, 3.05) is 11.3 Å². The van der Waals surface area contributed by atoms with Gasteiger partial charge in [0.1, 0.15) is 6.61 Å². The van der Waals surface area contributed by atoms with Gasteiger partial charge in [0.05, 0.1) is 17.2 Å². The van der Waals surface area contributed by atoms with E-state index in [0.29, 0.717) is 5.56 Å². The summed E-state index contributed by atoms with van der Waals surface area (Å²) in [5, 5.41) is 11.9. The predicted molar refractivity (Wildman–Crippen MR) is 117 cm³/mol. The van der Waals surface area contributed by atoms with Crippen molar-refractivity contribution in [2.24, 2.45) is 0 Å². The van der Waals surface area contributed by atoms with Gasteiger partial charge in [0.2, 0.25) is 5.82 Å². The van der Waals surface area contributed by atoms with E-state index in [9.17, 15) is 18.3 Å². The number of ether oxygens (including phenoxy) is 1. The van der Waals surface area contributed by atoms with E-state index in [1.54, 1.807) is 36.7 Å². The monoisotopic (exact) mass is 457 g/mol. The van der Waals surface area contributed by atoms with Crippen LogP contribution in [0.25, 0.3) is 0 Å². The fourth-order valence-corrected chi connectivity index (χ4v) is 3.53. The number of nitrogens with zero attached hydrogens (tertiary/aromatic N) is 3. The van der Waals surface area contributed by atoms with Gasteiger partial charge >= 0.3 is 0 Å². The summed E-state index contributed by atoms with van der Waals surface area (Å²) in [5.74, 6) is -0.923. The second-order valence-electron chi connectivity index (χ2n) is 7.04. The summed E-state index contributed by atoms with van der Waals surface area (Å²) in [4.78, 5) is 24.5. The largest absolute Gasteiger partial charge is 0.470 e. The molecule has 3 rings (SSSR count). The number of aliphatic hydroxyl groups is 1. The number of rotatable bonds is 9. The van der Waals surface area contributed by atoms with E-state index in [-0.39, 0.29) is 35.4 Å². The van der Waals surface area contributed by atoms with E-state index >= 15 is 0 Å². The van der Waals surface area contributed by atoms with E-state index in [1.165, 1.54) is 19.1 Å². The quantitative estimate of drug-likeness (QED) is 0.440. The van der Waals surface area contributed by atoms with Gasteiger partial charge in [0.25, 0.3) is 21.8 Å². The number of pyridine rings is 1. The molecule has 0 spiro atoms. The van der Waals surface area contributed by atoms with Crippen molar-refractivity contribution in [3.63, 3.8) is 0 Å². The first-order valence-corrected chi connectivity index (χ1v) is 11.2. The Morgan fingerprint density at radius 1 is 1.19 bits per heavy atom. The smallest absolute Gasteiger partial charge is 0.271 e. The lowest BCUT2D eigenvalue weighted by atomic mass is 10.2. The molecule has 10 nitrogen and oxygen atoms in total. The number of anilines is 1. The molecular formula is C21H23N5O5S. The van der Waals surface area contributed by atoms with Crippen LogP contribution in [0.2, 0.25) is 0 Å². The van der Waals surface area contributed by atoms with Crippen LogP contribution in [0.3, 0.4) is 0 Å². The number of nitrogens with one attached hydrogen (secondary N) is 2. The Labute approximate surface area is 185 Å². The van der Waals surface area contributed by atoms with Gasteiger partial charge in [-0.05, 0) is 32.0 Å². The fraction of sp³-hybridized carbons (Fsp3) is 0.238. The first kappa shape index (κ1) is 23.1. The van der Waals surface area contributed by atoms with E-state index < -0.39 is 22.0 Å². The van der Waals surface area contributed by atoms with Crippen molar-refractivity contribution in [1.29, 1.82) is 0 Å². The highest BCUT2D eigenvalue weighted by Gasteiger charge is 2.21. The van der Waals surface area contributed by atoms with Gasteiger partial charge in [0, 0.05) is 24.5 Å². The zero-order valence-electron chi connectivity index (χ0n) is 17.5. The highest BCUT2D eigenvalue weighted by molar-refractivity contribution is 7.92. The molecule has 0 aliphatic heterocycles. The summed E-state index contributed by atoms with van der Waals surface area (Å²) in [6.07, 6.45) is 3.58. The predicted octanol–water partition coefficient (Wildman–Crippen LogP) is 1.67. The van der Waals surface area contributed by atoms with Crippen molar-refractivity contribution in [3.05, 3.63) is 71.8 Å². The average Bonchev–Trinajstić information content (AvgIpc) is 2.77. The molecule has 0 radical (unpaired) electrons. The van der Waals surface area contributed by atoms with Crippen LogP contribution in [0.1, 0.15) is 28.5 Å². The highest BCUT2D eigenvalue weighted by atomic mass is 32.2. The summed E-state index contributed by atoms with van der Waals surface area (Å²) in [6, 6.07) is 9.80. The Morgan fingerprint density at radius 2 is 1.94 bits per heavy atom. The number of carbonyl (C=O) groups excluding carboxylic acids is 1. The Morgan fingerprint density at radius 3 is 2.59 bits per heavy atom. The molecule has 0 saturated carbocycles. The van der Waals surface area contributed by atoms with E-state index in [0.717, 1.165) is 11.8 Å². The molecule has 168 valence electrons. The molecule has 11 heteroatoms. The van der Waals surface area contributed by atoms with Gasteiger partial charge in [-0.1, -0.05) is 23.8 Å². The minimum atomic E-state index is -3.97. The zero-order valence-corrected chi connectivity index (χ0v) is 18.3. The zero-order chi connectivity index (χ0) is 23.1. The van der Waals surface area contributed by atoms with Crippen LogP contribution >= 0.6 is 0 Å². The number of aliphatic hydroxyl groups excluding tert-OH is 1. The molecule has 0 aliphatic carbocycles. The number of amides is 1. The van der Waals surface area contributed by atoms with E-state index in [2.05, 4.69) is 25.0 Å². The summed E-state index contributed by atoms with van der Waals surface area (Å²) < 4.78 is 33.6. The maximum absolute atomic E-state index is 12.8. The molecule has 0 saturated heterocycles. The first-order chi connectivity index (χ1) is 15.2. The lowest BCUT2D eigenvalue weighted by Gasteiger charge is -2.13. The van der Waals surface area contributed by atoms with Crippen LogP contribution < -0.4 is 14.8 Å². The lowest BCUT2D eigenvalue weighted by molar-refractivity contribution is 0.0917. The fourth-order valence-electron chi connectivity index (χ4n) is 2.52. The number of aryl methyl sites for hydroxylation is 1. The van der Waals surface area contributed by atoms with E-state index in [1.807, 2.05) is 6.92 Å². The average molecular weight is 458 g/mol. The number of hydrogen-bond donors (Lipinski definition) is 3. The SMILES string of the molecule is Cc1ccc(S(=O)(=O)Nc2ncc(C(=O)NC[C@@H](C)O)nc2OCc2cccnc2)cc1. The number of hydrogen-bond acceptors (Lipinski definition) is 8. The van der Waals surface area contributed by atoms with Crippen LogP contribution in [-0.2, 0) is 16.6 Å². The Hall–Kier alpha value is -3.57. The third kappa shape index (κ3) is 6.22. The van der Waals surface area contributed by atoms with Crippen molar-refractivity contribution < 1.29 is 23.1 Å². The minimum Gasteiger partial charge on any atom is -0.470 e. The standard InChI is InChI=1S/C21H23N5O5S/c1-14-5-7-17(8-6-14)32(29,30)26-19-21(31-13-16-4-3-9-22-11-16)25-18(12-23-19)20(28)24-10-15(2)27/h3-9,11-12,15,27H,10,13H2,1-2H3,(H,23,26)(H,24,28)/t15-/m1/s1. The van der Waals surface area contributed by atoms with E-state index in [4.69, 9.17) is 4.74 Å². The summed E-state index contributed by atoms with van der Waals surface area (Å²) in [6.45, 7) is 3.42. The van der Waals surface area contributed by atoms with Gasteiger partial charge in [-0.25, -0.2) is 18.4 Å². The molecule has 0 unspecified atom stereocenters. The maximum Gasteiger partial charge on any atom is 0.271 e. The van der Waals surface area contributed by atoms with Gasteiger partial charge in [-0.3, -0.25) is 14.5 Å². The third-order valence-electron chi connectivity index (χ3n) is 4.19. The molecule has 1 aromatic carbocycles. The molecule has 0 bridgehead atoms. The van der Waals surface area contributed by atoms with Crippen molar-refractivity contribution in [1.82, 2.24) is 20.3 Å². The lowest BCUT2D eigenvalue weighted by Crippen LogP contribution is -2.31. The van der Waals surface area contributed by atoms with Gasteiger partial charge in [-0.2, -0.15) is 0 Å². The maximum atomic E-state index is 12.8. The van der Waals surface area contributed by atoms with Crippen molar-refractivity contribution in [3.8, 4) is 5.88 Å². The van der Waals surface area contributed by atoms with Crippen molar-refractivity contribution in [2.45, 2.75) is 31.5 Å². The van der Waals surface area contributed by atoms with Crippen LogP contribution in [0.5, 0.6) is 5.88 Å². The van der Waals surface area contributed by atoms with Gasteiger partial charge < -0.3 is 15.2 Å². The van der Waals surface area contributed by atoms with Gasteiger partial charge in [0.15, 0.2) is 5.69 Å². The second kappa shape index (κ2) is 10.2. The minimum absolute atomic E-state index is 0.0220. The van der Waals surface area contributed by atoms with Crippen molar-refractivity contribution >= 4 is 21.7 Å². The third-order valence-corrected chi connectivity index (χ3v) is 5.55. The molecule has 3 N–H and O–H groups in total. The van der Waals surface area contributed by atoms with Gasteiger partial charge in [-0.15, -0.1) is 0 Å². The molecule has 2 heterocycles. The van der Waals surface area contributed by atoms with Crippen LogP contribution in [0.4, 0.5) is 5.82 Å². The topological polar surface area (TPSA) is 143 Å². The summed E-state index contributed by atoms with van der Waals surface area (Å²) in [5.41, 5.74) is 1.53. The molecule has 2 aromatic heterocycles. The Bertz CT molecular complexity index is 1170. The normalized spacial score (nSPS) is 12.1. The molecule has 32 heavy (non-hydrogen) atoms. The molecule has 3 aromatic rings. The van der Waals surface area contributed by atoms with Crippen LogP contribution in [0, 0.1) is 6.92 Å². The number of sulfonamides is 1. The molecule has 0 aliphatic rings. The van der Waals surface area contributed by atoms with Crippen LogP contribution in [-0.4, -0.2) is 47.0 Å². The molecule has 0 fully saturated rings. The first-order valence-electron chi connectivity index (χ1n) is 9.69. The number of aromatic nitrogens is 3. The molecule has 1 amide bonds. The Balaban J connectivity index is 1.89. The number of carbonyl (C=O) groups is 1. The summed E-state index contributed by atoms with van der Waals surface area (Å²) >= 11 is 0. The molecular weight excluding hydrogens is 434 g/mol. The number of benzene rings is 1.